The number of benzene rings is 2. The molecule has 4 rings (SSSR count). The van der Waals surface area contributed by atoms with Crippen LogP contribution in [0.25, 0.3) is 10.4 Å². The Kier molecular flexibility index (Phi) is 15.1. The lowest BCUT2D eigenvalue weighted by Crippen LogP contribution is -2.41. The molecule has 1 aliphatic heterocycles. The maximum absolute atomic E-state index is 13.1. The van der Waals surface area contributed by atoms with Crippen molar-refractivity contribution in [1.82, 2.24) is 4.90 Å². The summed E-state index contributed by atoms with van der Waals surface area (Å²) < 4.78 is 18.3. The highest BCUT2D eigenvalue weighted by molar-refractivity contribution is 7.80. The first-order valence-corrected chi connectivity index (χ1v) is 18.7. The molecular weight excluding hydrogens is 661 g/mol. The van der Waals surface area contributed by atoms with Gasteiger partial charge in [-0.2, -0.15) is 0 Å². The fraction of sp³-hybridized carbons (Fsp3) is 0.500. The molecule has 1 aliphatic rings. The molecule has 0 aliphatic carbocycles. The predicted octanol–water partition coefficient (Wildman–Crippen LogP) is 8.45. The Balaban J connectivity index is 1.17. The summed E-state index contributed by atoms with van der Waals surface area (Å²) in [6.45, 7) is 4.07. The number of piperidine rings is 1. The van der Waals surface area contributed by atoms with Gasteiger partial charge in [0.05, 0.1) is 25.3 Å². The molecule has 13 heteroatoms. The van der Waals surface area contributed by atoms with Crippen LogP contribution in [0, 0.1) is 13.9 Å². The van der Waals surface area contributed by atoms with Crippen LogP contribution in [0.15, 0.2) is 54.6 Å². The first-order chi connectivity index (χ1) is 22.8. The van der Waals surface area contributed by atoms with Gasteiger partial charge in [-0.25, -0.2) is 4.79 Å². The third kappa shape index (κ3) is 12.3. The normalized spacial score (nSPS) is 14.3. The molecule has 1 atom stereocenters. The van der Waals surface area contributed by atoms with E-state index in [0.717, 1.165) is 53.7 Å². The van der Waals surface area contributed by atoms with Crippen molar-refractivity contribution in [1.29, 1.82) is 0 Å². The molecule has 0 amide bonds. The maximum atomic E-state index is 13.1. The average Bonchev–Trinajstić information content (AvgIpc) is 3.51. The second-order valence-corrected chi connectivity index (χ2v) is 14.3. The van der Waals surface area contributed by atoms with Gasteiger partial charge < -0.3 is 19.0 Å². The highest BCUT2D eigenvalue weighted by Crippen LogP contribution is 2.31. The van der Waals surface area contributed by atoms with E-state index in [0.29, 0.717) is 56.7 Å². The number of hydrogen-bond donors (Lipinski definition) is 0. The Hall–Kier alpha value is -3.39. The van der Waals surface area contributed by atoms with Crippen LogP contribution in [0.5, 0.6) is 5.75 Å². The number of carbonyl (C=O) groups is 2. The highest BCUT2D eigenvalue weighted by atomic mass is 32.9. The maximum Gasteiger partial charge on any atom is 0.338 e. The molecule has 3 aromatic rings. The third-order valence-corrected chi connectivity index (χ3v) is 10.8. The van der Waals surface area contributed by atoms with Crippen LogP contribution in [0.4, 0.5) is 0 Å². The third-order valence-electron chi connectivity index (χ3n) is 7.89. The summed E-state index contributed by atoms with van der Waals surface area (Å²) in [7, 11) is 3.29. The van der Waals surface area contributed by atoms with Crippen molar-refractivity contribution in [2.24, 2.45) is 0 Å². The molecule has 0 radical (unpaired) electrons. The lowest BCUT2D eigenvalue weighted by atomic mass is 9.98. The number of carbonyl (C=O) groups excluding carboxylic acids is 2. The van der Waals surface area contributed by atoms with Gasteiger partial charge in [-0.1, -0.05) is 64.4 Å². The van der Waals surface area contributed by atoms with Crippen molar-refractivity contribution in [3.8, 4) is 16.2 Å². The van der Waals surface area contributed by atoms with E-state index >= 15 is 0 Å². The Labute approximate surface area is 288 Å². The Morgan fingerprint density at radius 2 is 1.72 bits per heavy atom. The van der Waals surface area contributed by atoms with Gasteiger partial charge in [0.2, 0.25) is 0 Å². The van der Waals surface area contributed by atoms with Crippen LogP contribution in [0.2, 0.25) is 0 Å². The van der Waals surface area contributed by atoms with Gasteiger partial charge in [0.1, 0.15) is 21.8 Å². The number of hydrogen-bond acceptors (Lipinski definition) is 12. The zero-order valence-corrected chi connectivity index (χ0v) is 29.1. The van der Waals surface area contributed by atoms with Crippen molar-refractivity contribution in [2.45, 2.75) is 76.9 Å². The molecule has 0 N–H and O–H groups in total. The fourth-order valence-corrected chi connectivity index (χ4v) is 7.78. The molecule has 0 unspecified atom stereocenters. The number of likely N-dealkylation sites (tertiary alicyclic amines) is 1. The highest BCUT2D eigenvalue weighted by Gasteiger charge is 2.27. The monoisotopic (exact) mass is 702 g/mol. The number of unbranched alkanes of at least 4 members (excludes halogenated alkanes) is 4. The molecule has 254 valence electrons. The van der Waals surface area contributed by atoms with Crippen LogP contribution in [-0.2, 0) is 19.1 Å². The Bertz CT molecular complexity index is 1480. The van der Waals surface area contributed by atoms with Crippen molar-refractivity contribution in [3.63, 3.8) is 0 Å². The summed E-state index contributed by atoms with van der Waals surface area (Å²) in [5.41, 5.74) is 2.19. The summed E-state index contributed by atoms with van der Waals surface area (Å²) >= 11 is 5.22. The molecule has 0 saturated carbocycles. The fourth-order valence-electron chi connectivity index (χ4n) is 5.38. The van der Waals surface area contributed by atoms with Crippen LogP contribution in [-0.4, -0.2) is 60.9 Å². The second kappa shape index (κ2) is 19.4. The predicted molar refractivity (Wildman–Crippen MR) is 185 cm³/mol. The van der Waals surface area contributed by atoms with Gasteiger partial charge in [-0.15, -0.1) is 10.1 Å². The van der Waals surface area contributed by atoms with Gasteiger partial charge in [0, 0.05) is 23.5 Å². The minimum atomic E-state index is -0.765. The number of ether oxygens (including phenoxy) is 3. The van der Waals surface area contributed by atoms with Gasteiger partial charge in [-0.05, 0) is 93.3 Å². The molecule has 1 aromatic heterocycles. The van der Waals surface area contributed by atoms with E-state index in [9.17, 15) is 19.7 Å². The van der Waals surface area contributed by atoms with Crippen LogP contribution >= 0.6 is 32.9 Å². The molecule has 1 fully saturated rings. The number of nitrogens with zero attached hydrogens (tertiary/aromatic N) is 2. The van der Waals surface area contributed by atoms with E-state index in [1.54, 1.807) is 32.8 Å². The molecule has 2 heterocycles. The lowest BCUT2D eigenvalue weighted by Gasteiger charge is -2.30. The summed E-state index contributed by atoms with van der Waals surface area (Å²) in [5, 5.41) is 9.84. The molecule has 1 saturated heterocycles. The first kappa shape index (κ1) is 36.4. The van der Waals surface area contributed by atoms with Crippen molar-refractivity contribution in [3.05, 3.63) is 79.7 Å². The van der Waals surface area contributed by atoms with Crippen LogP contribution < -0.4 is 4.74 Å². The van der Waals surface area contributed by atoms with Crippen LogP contribution in [0.1, 0.15) is 86.7 Å². The minimum absolute atomic E-state index is 0.0737. The van der Waals surface area contributed by atoms with Gasteiger partial charge in [0.25, 0.3) is 5.09 Å². The van der Waals surface area contributed by atoms with E-state index in [-0.39, 0.29) is 6.54 Å². The van der Waals surface area contributed by atoms with Gasteiger partial charge in [0.15, 0.2) is 0 Å². The topological polar surface area (TPSA) is 117 Å². The molecular formula is C34H42N2O8S3. The van der Waals surface area contributed by atoms with E-state index in [1.807, 2.05) is 35.2 Å². The summed E-state index contributed by atoms with van der Waals surface area (Å²) in [4.78, 5) is 44.4. The number of rotatable bonds is 19. The van der Waals surface area contributed by atoms with Crippen molar-refractivity contribution >= 4 is 44.8 Å². The van der Waals surface area contributed by atoms with E-state index in [4.69, 9.17) is 26.4 Å². The first-order valence-electron chi connectivity index (χ1n) is 16.1. The molecule has 0 bridgehead atoms. The standard InChI is InChI=1S/C34H42N2O8S3/c1-2-3-12-30(43-32(37)24-35-19-17-27(18-20-35)44-36(39)40)28-10-6-7-11-29(28)34(38)42-22-9-5-4-8-21-41-26-15-13-25(14-16-26)31-23-33(45)47-46-31/h6-7,10-11,13-16,23,27,30H,2-5,8-9,12,17-22,24H2,1H3/t30-/m0/s1. The lowest BCUT2D eigenvalue weighted by molar-refractivity contribution is -0.769. The molecule has 47 heavy (non-hydrogen) atoms. The molecule has 10 nitrogen and oxygen atoms in total. The SMILES string of the molecule is CCCC[C@H](OC(=O)CN1CCC(O[N+](=O)[O-])CC1)c1ccccc1C(=O)OCCCCCCOc1ccc(-c2cc(=S)ss2)cc1. The molecule has 0 spiro atoms. The zero-order valence-electron chi connectivity index (χ0n) is 26.6. The van der Waals surface area contributed by atoms with E-state index < -0.39 is 29.2 Å². The van der Waals surface area contributed by atoms with Gasteiger partial charge >= 0.3 is 11.9 Å². The Morgan fingerprint density at radius 1 is 1.00 bits per heavy atom. The quantitative estimate of drug-likeness (QED) is 0.0301. The van der Waals surface area contributed by atoms with Crippen molar-refractivity contribution in [2.75, 3.05) is 32.8 Å². The summed E-state index contributed by atoms with van der Waals surface area (Å²) in [6, 6.07) is 17.2. The van der Waals surface area contributed by atoms with E-state index in [2.05, 4.69) is 23.9 Å². The summed E-state index contributed by atoms with van der Waals surface area (Å²) in [6.07, 6.45) is 5.75. The van der Waals surface area contributed by atoms with Crippen LogP contribution in [0.3, 0.4) is 0 Å². The molecule has 2 aromatic carbocycles. The largest absolute Gasteiger partial charge is 0.494 e. The minimum Gasteiger partial charge on any atom is -0.494 e. The second-order valence-electron chi connectivity index (χ2n) is 11.4. The summed E-state index contributed by atoms with van der Waals surface area (Å²) in [5.74, 6) is 0.0204. The van der Waals surface area contributed by atoms with Crippen molar-refractivity contribution < 1.29 is 33.7 Å². The van der Waals surface area contributed by atoms with Gasteiger partial charge in [-0.3, -0.25) is 9.69 Å². The van der Waals surface area contributed by atoms with E-state index in [1.165, 1.54) is 4.88 Å². The Morgan fingerprint density at radius 3 is 2.40 bits per heavy atom. The number of esters is 2. The smallest absolute Gasteiger partial charge is 0.338 e. The zero-order chi connectivity index (χ0) is 33.4. The average molecular weight is 703 g/mol.